The first-order chi connectivity index (χ1) is 16.0. The second-order valence-electron chi connectivity index (χ2n) is 8.68. The third-order valence-corrected chi connectivity index (χ3v) is 6.74. The van der Waals surface area contributed by atoms with Gasteiger partial charge >= 0.3 is 0 Å². The Balaban J connectivity index is 1.39. The Kier molecular flexibility index (Phi) is 5.74. The maximum Gasteiger partial charge on any atom is 0.260 e. The van der Waals surface area contributed by atoms with Crippen molar-refractivity contribution in [3.05, 3.63) is 76.6 Å². The molecule has 6 nitrogen and oxygen atoms in total. The summed E-state index contributed by atoms with van der Waals surface area (Å²) in [4.78, 5) is 27.4. The van der Waals surface area contributed by atoms with Gasteiger partial charge < -0.3 is 15.5 Å². The molecule has 2 unspecified atom stereocenters. The molecule has 2 aliphatic heterocycles. The summed E-state index contributed by atoms with van der Waals surface area (Å²) in [6.07, 6.45) is 1.68. The van der Waals surface area contributed by atoms with Gasteiger partial charge in [-0.1, -0.05) is 6.07 Å². The summed E-state index contributed by atoms with van der Waals surface area (Å²) in [6, 6.07) is 16.7. The molecule has 0 bridgehead atoms. The molecular weight excluding hydrogens is 432 g/mol. The fourth-order valence-electron chi connectivity index (χ4n) is 4.54. The van der Waals surface area contributed by atoms with Gasteiger partial charge in [0.05, 0.1) is 5.57 Å². The highest BCUT2D eigenvalue weighted by atomic mass is 32.1. The Morgan fingerprint density at radius 3 is 2.39 bits per heavy atom. The molecule has 1 aromatic heterocycles. The molecule has 7 heteroatoms. The normalized spacial score (nSPS) is 21.6. The van der Waals surface area contributed by atoms with E-state index in [0.717, 1.165) is 29.9 Å². The summed E-state index contributed by atoms with van der Waals surface area (Å²) >= 11 is 1.61. The van der Waals surface area contributed by atoms with Crippen LogP contribution in [-0.4, -0.2) is 37.0 Å². The van der Waals surface area contributed by atoms with Crippen LogP contribution in [0.4, 0.5) is 11.4 Å². The number of hydrogen-bond acceptors (Lipinski definition) is 6. The number of thiophene rings is 1. The Morgan fingerprint density at radius 2 is 1.70 bits per heavy atom. The molecule has 2 aliphatic rings. The van der Waals surface area contributed by atoms with Crippen molar-refractivity contribution in [3.63, 3.8) is 0 Å². The van der Waals surface area contributed by atoms with E-state index < -0.39 is 5.91 Å². The smallest absolute Gasteiger partial charge is 0.260 e. The number of nitrogens with zero attached hydrogens (tertiary/aromatic N) is 1. The number of carbonyl (C=O) groups is 2. The van der Waals surface area contributed by atoms with Gasteiger partial charge in [0.2, 0.25) is 0 Å². The van der Waals surface area contributed by atoms with Crippen LogP contribution in [0, 0.1) is 0 Å². The minimum absolute atomic E-state index is 0.368. The van der Waals surface area contributed by atoms with Crippen molar-refractivity contribution in [2.75, 3.05) is 23.3 Å². The zero-order valence-corrected chi connectivity index (χ0v) is 19.4. The van der Waals surface area contributed by atoms with Gasteiger partial charge in [-0.2, -0.15) is 11.3 Å². The molecular formula is C26H26N4O2S. The molecule has 2 aromatic carbocycles. The number of imide groups is 1. The van der Waals surface area contributed by atoms with Crippen LogP contribution in [0.1, 0.15) is 29.8 Å². The van der Waals surface area contributed by atoms with E-state index in [4.69, 9.17) is 0 Å². The van der Waals surface area contributed by atoms with E-state index in [0.29, 0.717) is 28.8 Å². The van der Waals surface area contributed by atoms with E-state index in [1.54, 1.807) is 23.6 Å². The first-order valence-corrected chi connectivity index (χ1v) is 12.0. The average Bonchev–Trinajstić information content (AvgIpc) is 3.33. The average molecular weight is 459 g/mol. The Morgan fingerprint density at radius 1 is 0.939 bits per heavy atom. The second kappa shape index (κ2) is 8.84. The lowest BCUT2D eigenvalue weighted by atomic mass is 9.92. The summed E-state index contributed by atoms with van der Waals surface area (Å²) in [5, 5.41) is 13.3. The topological polar surface area (TPSA) is 73.5 Å². The molecule has 168 valence electrons. The van der Waals surface area contributed by atoms with Crippen LogP contribution in [0.3, 0.4) is 0 Å². The Labute approximate surface area is 197 Å². The Bertz CT molecular complexity index is 1210. The summed E-state index contributed by atoms with van der Waals surface area (Å²) < 4.78 is 0. The highest BCUT2D eigenvalue weighted by molar-refractivity contribution is 7.08. The van der Waals surface area contributed by atoms with Gasteiger partial charge in [0.15, 0.2) is 0 Å². The number of rotatable bonds is 4. The van der Waals surface area contributed by atoms with Crippen molar-refractivity contribution >= 4 is 40.1 Å². The van der Waals surface area contributed by atoms with Gasteiger partial charge in [-0.25, -0.2) is 0 Å². The fourth-order valence-corrected chi connectivity index (χ4v) is 5.20. The number of benzene rings is 2. The number of carbonyl (C=O) groups excluding carboxylic acids is 2. The number of fused-ring (bicyclic) bond motifs is 1. The predicted molar refractivity (Wildman–Crippen MR) is 135 cm³/mol. The maximum absolute atomic E-state index is 12.7. The molecule has 0 spiro atoms. The van der Waals surface area contributed by atoms with Crippen LogP contribution in [0.5, 0.6) is 0 Å². The van der Waals surface area contributed by atoms with Crippen molar-refractivity contribution in [2.24, 2.45) is 0 Å². The zero-order valence-electron chi connectivity index (χ0n) is 18.6. The summed E-state index contributed by atoms with van der Waals surface area (Å²) in [7, 11) is 0. The van der Waals surface area contributed by atoms with Crippen molar-refractivity contribution in [1.29, 1.82) is 0 Å². The lowest BCUT2D eigenvalue weighted by molar-refractivity contribution is -0.114. The van der Waals surface area contributed by atoms with E-state index in [1.807, 2.05) is 35.7 Å². The summed E-state index contributed by atoms with van der Waals surface area (Å²) in [6.45, 7) is 6.34. The molecule has 0 saturated carbocycles. The zero-order chi connectivity index (χ0) is 22.9. The number of anilines is 2. The summed E-state index contributed by atoms with van der Waals surface area (Å²) in [5.41, 5.74) is 5.69. The minimum Gasteiger partial charge on any atom is -0.368 e. The van der Waals surface area contributed by atoms with E-state index in [1.165, 1.54) is 5.69 Å². The molecule has 33 heavy (non-hydrogen) atoms. The number of piperazine rings is 1. The number of hydrogen-bond donors (Lipinski definition) is 3. The van der Waals surface area contributed by atoms with Crippen LogP contribution < -0.4 is 20.9 Å². The predicted octanol–water partition coefficient (Wildman–Crippen LogP) is 4.32. The molecule has 0 aliphatic carbocycles. The maximum atomic E-state index is 12.7. The first kappa shape index (κ1) is 21.4. The highest BCUT2D eigenvalue weighted by Gasteiger charge is 2.27. The Hall–Kier alpha value is -3.42. The van der Waals surface area contributed by atoms with Crippen LogP contribution in [0.2, 0.25) is 0 Å². The molecule has 3 aromatic rings. The lowest BCUT2D eigenvalue weighted by Crippen LogP contribution is -2.54. The van der Waals surface area contributed by atoms with Gasteiger partial charge in [-0.3, -0.25) is 14.9 Å². The quantitative estimate of drug-likeness (QED) is 0.401. The van der Waals surface area contributed by atoms with Gasteiger partial charge in [0.1, 0.15) is 0 Å². The molecule has 5 rings (SSSR count). The molecule has 1 fully saturated rings. The largest absolute Gasteiger partial charge is 0.368 e. The molecule has 3 heterocycles. The third-order valence-electron chi connectivity index (χ3n) is 6.05. The van der Waals surface area contributed by atoms with Gasteiger partial charge in [-0.05, 0) is 78.2 Å². The first-order valence-electron chi connectivity index (χ1n) is 11.1. The van der Waals surface area contributed by atoms with Crippen LogP contribution in [-0.2, 0) is 4.79 Å². The van der Waals surface area contributed by atoms with E-state index in [-0.39, 0.29) is 5.91 Å². The van der Waals surface area contributed by atoms with Gasteiger partial charge in [0, 0.05) is 53.9 Å². The standard InChI is InChI=1S/C26H26N4O2S/c1-16-13-30(14-17(2)28-16)21-6-4-20(5-7-21)27-12-24-23-11-18(19-9-10-33-15-19)3-8-22(23)25(31)29-26(24)32/h3-12,15-17,27-28H,13-14H2,1-2H3,(H,29,31,32)/b24-12-. The van der Waals surface area contributed by atoms with Gasteiger partial charge in [0.25, 0.3) is 11.8 Å². The van der Waals surface area contributed by atoms with Crippen LogP contribution in [0.25, 0.3) is 16.7 Å². The molecule has 2 atom stereocenters. The minimum atomic E-state index is -0.400. The molecule has 2 amide bonds. The summed E-state index contributed by atoms with van der Waals surface area (Å²) in [5.74, 6) is -0.768. The number of amides is 2. The molecule has 0 radical (unpaired) electrons. The number of nitrogens with one attached hydrogen (secondary N) is 3. The van der Waals surface area contributed by atoms with Crippen LogP contribution in [0.15, 0.2) is 65.5 Å². The van der Waals surface area contributed by atoms with E-state index in [9.17, 15) is 9.59 Å². The third kappa shape index (κ3) is 4.42. The fraction of sp³-hybridized carbons (Fsp3) is 0.231. The highest BCUT2D eigenvalue weighted by Crippen LogP contribution is 2.31. The van der Waals surface area contributed by atoms with Crippen molar-refractivity contribution in [1.82, 2.24) is 10.6 Å². The SMILES string of the molecule is CC1CN(c2ccc(N/C=C3\C(=O)NC(=O)c4ccc(-c5ccsc5)cc43)cc2)CC(C)N1. The molecule has 3 N–H and O–H groups in total. The van der Waals surface area contributed by atoms with Gasteiger partial charge in [-0.15, -0.1) is 0 Å². The van der Waals surface area contributed by atoms with Crippen molar-refractivity contribution < 1.29 is 9.59 Å². The monoisotopic (exact) mass is 458 g/mol. The van der Waals surface area contributed by atoms with E-state index in [2.05, 4.69) is 52.2 Å². The molecule has 1 saturated heterocycles. The lowest BCUT2D eigenvalue weighted by Gasteiger charge is -2.37. The van der Waals surface area contributed by atoms with Crippen molar-refractivity contribution in [3.8, 4) is 11.1 Å². The van der Waals surface area contributed by atoms with Crippen LogP contribution >= 0.6 is 11.3 Å². The van der Waals surface area contributed by atoms with E-state index >= 15 is 0 Å². The van der Waals surface area contributed by atoms with Crippen molar-refractivity contribution in [2.45, 2.75) is 25.9 Å². The second-order valence-corrected chi connectivity index (χ2v) is 9.46.